The highest BCUT2D eigenvalue weighted by atomic mass is 33.1. The zero-order valence-corrected chi connectivity index (χ0v) is 19.3. The minimum absolute atomic E-state index is 0.308. The number of rotatable bonds is 15. The zero-order chi connectivity index (χ0) is 20.5. The van der Waals surface area contributed by atoms with Gasteiger partial charge < -0.3 is 18.1 Å². The molecule has 158 valence electrons. The number of hydrogen-bond donors (Lipinski definition) is 0. The van der Waals surface area contributed by atoms with Crippen molar-refractivity contribution in [3.63, 3.8) is 0 Å². The Morgan fingerprint density at radius 3 is 1.23 bits per heavy atom. The highest BCUT2D eigenvalue weighted by Gasteiger charge is 2.17. The molecular formula is C14H32N2O6S4. The van der Waals surface area contributed by atoms with E-state index < -0.39 is 20.2 Å². The second-order valence-corrected chi connectivity index (χ2v) is 13.4. The minimum atomic E-state index is -4.13. The van der Waals surface area contributed by atoms with Crippen molar-refractivity contribution >= 4 is 41.8 Å². The van der Waals surface area contributed by atoms with Gasteiger partial charge in [0.15, 0.2) is 0 Å². The fraction of sp³-hybridized carbons (Fsp3) is 1.00. The van der Waals surface area contributed by atoms with E-state index in [0.717, 1.165) is 24.6 Å². The highest BCUT2D eigenvalue weighted by Crippen LogP contribution is 2.22. The lowest BCUT2D eigenvalue weighted by atomic mass is 10.4. The average Bonchev–Trinajstić information content (AvgIpc) is 2.39. The van der Waals surface area contributed by atoms with Gasteiger partial charge in [0.2, 0.25) is 0 Å². The van der Waals surface area contributed by atoms with Crippen molar-refractivity contribution in [1.29, 1.82) is 0 Å². The molecule has 0 aliphatic carbocycles. The summed E-state index contributed by atoms with van der Waals surface area (Å²) >= 11 is 0. The molecule has 8 nitrogen and oxygen atoms in total. The lowest BCUT2D eigenvalue weighted by Crippen LogP contribution is -2.43. The standard InChI is InChI=1S/C14H32N2O6S4/c1-15(2,7-5-13-25(17,18)19)9-11-23-24-12-10-16(3,4)8-6-14-26(20,21)22/h5-14H2,1-4H3. The maximum Gasteiger partial charge on any atom is 0.0948 e. The lowest BCUT2D eigenvalue weighted by Gasteiger charge is -2.30. The van der Waals surface area contributed by atoms with E-state index in [1.54, 1.807) is 21.6 Å². The Hall–Kier alpha value is 0.440. The van der Waals surface area contributed by atoms with Crippen LogP contribution in [-0.2, 0) is 20.2 Å². The van der Waals surface area contributed by atoms with E-state index in [-0.39, 0.29) is 11.5 Å². The molecule has 0 aromatic heterocycles. The van der Waals surface area contributed by atoms with Crippen LogP contribution in [-0.4, -0.2) is 112 Å². The predicted octanol–water partition coefficient (Wildman–Crippen LogP) is 0.391. The van der Waals surface area contributed by atoms with Gasteiger partial charge in [-0.1, -0.05) is 21.6 Å². The second kappa shape index (κ2) is 11.4. The zero-order valence-electron chi connectivity index (χ0n) is 16.0. The van der Waals surface area contributed by atoms with E-state index in [1.165, 1.54) is 0 Å². The van der Waals surface area contributed by atoms with Crippen molar-refractivity contribution in [2.24, 2.45) is 0 Å². The Balaban J connectivity index is 3.84. The first-order chi connectivity index (χ1) is 11.6. The number of nitrogens with zero attached hydrogens (tertiary/aromatic N) is 2. The Kier molecular flexibility index (Phi) is 11.6. The van der Waals surface area contributed by atoms with Gasteiger partial charge in [-0.25, -0.2) is 16.8 Å². The quantitative estimate of drug-likeness (QED) is 0.152. The van der Waals surface area contributed by atoms with Crippen molar-refractivity contribution in [2.45, 2.75) is 12.8 Å². The normalized spacial score (nSPS) is 13.9. The van der Waals surface area contributed by atoms with Crippen LogP contribution in [0.3, 0.4) is 0 Å². The molecule has 0 atom stereocenters. The summed E-state index contributed by atoms with van der Waals surface area (Å²) in [6, 6.07) is 0. The first kappa shape index (κ1) is 26.4. The molecule has 0 aromatic carbocycles. The van der Waals surface area contributed by atoms with Gasteiger partial charge in [0.25, 0.3) is 0 Å². The number of hydrogen-bond acceptors (Lipinski definition) is 8. The Morgan fingerprint density at radius 2 is 0.962 bits per heavy atom. The summed E-state index contributed by atoms with van der Waals surface area (Å²) in [6.07, 6.45) is 0.753. The van der Waals surface area contributed by atoms with Crippen LogP contribution in [0.15, 0.2) is 0 Å². The van der Waals surface area contributed by atoms with E-state index in [4.69, 9.17) is 0 Å². The van der Waals surface area contributed by atoms with Gasteiger partial charge in [0, 0.05) is 24.3 Å². The molecule has 0 aliphatic heterocycles. The third kappa shape index (κ3) is 17.8. The van der Waals surface area contributed by atoms with Crippen LogP contribution in [0.25, 0.3) is 0 Å². The van der Waals surface area contributed by atoms with Crippen LogP contribution in [0.2, 0.25) is 0 Å². The first-order valence-corrected chi connectivity index (χ1v) is 14.0. The van der Waals surface area contributed by atoms with E-state index in [1.807, 2.05) is 28.2 Å². The van der Waals surface area contributed by atoms with Gasteiger partial charge in [-0.2, -0.15) is 0 Å². The molecule has 0 aromatic rings. The molecule has 0 amide bonds. The van der Waals surface area contributed by atoms with E-state index in [9.17, 15) is 25.9 Å². The Labute approximate surface area is 166 Å². The summed E-state index contributed by atoms with van der Waals surface area (Å²) in [5.41, 5.74) is 0. The third-order valence-corrected chi connectivity index (χ3v) is 7.90. The Bertz CT molecular complexity index is 551. The molecule has 0 N–H and O–H groups in total. The van der Waals surface area contributed by atoms with Gasteiger partial charge in [-0.15, -0.1) is 0 Å². The van der Waals surface area contributed by atoms with E-state index in [2.05, 4.69) is 0 Å². The fourth-order valence-electron chi connectivity index (χ4n) is 2.25. The summed E-state index contributed by atoms with van der Waals surface area (Å²) in [4.78, 5) is 0. The highest BCUT2D eigenvalue weighted by molar-refractivity contribution is 8.76. The SMILES string of the molecule is C[N+](C)(CCCS(=O)(=O)[O-])CCSSCC[N+](C)(C)CCCS(=O)(=O)[O-]. The lowest BCUT2D eigenvalue weighted by molar-refractivity contribution is -0.887. The van der Waals surface area contributed by atoms with Gasteiger partial charge in [-0.3, -0.25) is 0 Å². The van der Waals surface area contributed by atoms with E-state index >= 15 is 0 Å². The molecule has 0 bridgehead atoms. The molecule has 0 radical (unpaired) electrons. The van der Waals surface area contributed by atoms with Crippen molar-refractivity contribution in [1.82, 2.24) is 0 Å². The molecule has 0 saturated carbocycles. The fourth-order valence-corrected chi connectivity index (χ4v) is 5.74. The first-order valence-electron chi connectivity index (χ1n) is 8.38. The van der Waals surface area contributed by atoms with Crippen LogP contribution in [0.4, 0.5) is 0 Å². The van der Waals surface area contributed by atoms with Gasteiger partial charge in [-0.05, 0) is 0 Å². The van der Waals surface area contributed by atoms with Gasteiger partial charge in [0.05, 0.1) is 86.1 Å². The number of quaternary nitrogens is 2. The second-order valence-electron chi connectivity index (χ2n) is 7.64. The smallest absolute Gasteiger partial charge is 0.0948 e. The molecule has 26 heavy (non-hydrogen) atoms. The monoisotopic (exact) mass is 452 g/mol. The maximum atomic E-state index is 10.6. The summed E-state index contributed by atoms with van der Waals surface area (Å²) < 4.78 is 65.1. The molecule has 12 heteroatoms. The van der Waals surface area contributed by atoms with Crippen LogP contribution in [0.5, 0.6) is 0 Å². The van der Waals surface area contributed by atoms with Crippen LogP contribution >= 0.6 is 21.6 Å². The molecular weight excluding hydrogens is 420 g/mol. The van der Waals surface area contributed by atoms with Crippen molar-refractivity contribution < 1.29 is 34.9 Å². The third-order valence-electron chi connectivity index (χ3n) is 3.96. The summed E-state index contributed by atoms with van der Waals surface area (Å²) in [5, 5.41) is 0. The predicted molar refractivity (Wildman–Crippen MR) is 107 cm³/mol. The van der Waals surface area contributed by atoms with Crippen LogP contribution in [0, 0.1) is 0 Å². The maximum absolute atomic E-state index is 10.6. The molecule has 0 aliphatic rings. The molecule has 0 heterocycles. The minimum Gasteiger partial charge on any atom is -0.748 e. The summed E-state index contributed by atoms with van der Waals surface area (Å²) in [6.45, 7) is 3.07. The summed E-state index contributed by atoms with van der Waals surface area (Å²) in [5.74, 6) is 1.22. The van der Waals surface area contributed by atoms with Gasteiger partial charge >= 0.3 is 0 Å². The Morgan fingerprint density at radius 1 is 0.654 bits per heavy atom. The van der Waals surface area contributed by atoms with Crippen molar-refractivity contribution in [3.05, 3.63) is 0 Å². The average molecular weight is 453 g/mol. The molecule has 0 spiro atoms. The molecule has 0 unspecified atom stereocenters. The van der Waals surface area contributed by atoms with Crippen molar-refractivity contribution in [3.8, 4) is 0 Å². The van der Waals surface area contributed by atoms with Crippen LogP contribution < -0.4 is 0 Å². The topological polar surface area (TPSA) is 114 Å². The molecule has 0 fully saturated rings. The van der Waals surface area contributed by atoms with Crippen molar-refractivity contribution in [2.75, 3.05) is 77.4 Å². The van der Waals surface area contributed by atoms with Gasteiger partial charge in [0.1, 0.15) is 0 Å². The largest absolute Gasteiger partial charge is 0.748 e. The summed E-state index contributed by atoms with van der Waals surface area (Å²) in [7, 11) is 3.33. The molecule has 0 saturated heterocycles. The van der Waals surface area contributed by atoms with Crippen LogP contribution in [0.1, 0.15) is 12.8 Å². The molecule has 0 rings (SSSR count). The van der Waals surface area contributed by atoms with E-state index in [0.29, 0.717) is 34.9 Å².